The first-order chi connectivity index (χ1) is 6.70. The Kier molecular flexibility index (Phi) is 3.91. The second-order valence-electron chi connectivity index (χ2n) is 2.77. The molecule has 14 heavy (non-hydrogen) atoms. The minimum Gasteiger partial charge on any atom is -0.368 e. The highest BCUT2D eigenvalue weighted by molar-refractivity contribution is 6.32. The van der Waals surface area contributed by atoms with Crippen LogP contribution in [0.15, 0.2) is 11.0 Å². The van der Waals surface area contributed by atoms with Crippen molar-refractivity contribution in [1.29, 1.82) is 0 Å². The number of hydrogen-bond acceptors (Lipinski definition) is 4. The Morgan fingerprint density at radius 3 is 3.00 bits per heavy atom. The Bertz CT molecular complexity index is 351. The van der Waals surface area contributed by atoms with Gasteiger partial charge in [-0.3, -0.25) is 4.79 Å². The average molecular weight is 217 g/mol. The van der Waals surface area contributed by atoms with E-state index in [0.717, 1.165) is 6.54 Å². The van der Waals surface area contributed by atoms with E-state index in [-0.39, 0.29) is 10.6 Å². The molecule has 0 saturated heterocycles. The molecule has 0 fully saturated rings. The Morgan fingerprint density at radius 1 is 1.71 bits per heavy atom. The number of rotatable bonds is 4. The number of aromatic nitrogens is 2. The van der Waals surface area contributed by atoms with Gasteiger partial charge in [0.05, 0.1) is 11.9 Å². The highest BCUT2D eigenvalue weighted by Gasteiger charge is 2.10. The van der Waals surface area contributed by atoms with Gasteiger partial charge < -0.3 is 10.6 Å². The molecule has 78 valence electrons. The van der Waals surface area contributed by atoms with Gasteiger partial charge in [0.2, 0.25) is 0 Å². The predicted octanol–water partition coefficient (Wildman–Crippen LogP) is 0.208. The summed E-state index contributed by atoms with van der Waals surface area (Å²) >= 11 is 5.84. The molecule has 0 unspecified atom stereocenters. The number of H-pyrrole nitrogens is 1. The van der Waals surface area contributed by atoms with Crippen LogP contribution in [0.3, 0.4) is 0 Å². The molecular formula is C8H13ClN4O. The molecule has 0 aliphatic carbocycles. The lowest BCUT2D eigenvalue weighted by molar-refractivity contribution is 0.807. The number of nitrogens with zero attached hydrogens (tertiary/aromatic N) is 2. The molecule has 1 rings (SSSR count). The van der Waals surface area contributed by atoms with E-state index < -0.39 is 0 Å². The van der Waals surface area contributed by atoms with Crippen molar-refractivity contribution in [2.45, 2.75) is 6.92 Å². The van der Waals surface area contributed by atoms with Gasteiger partial charge in [0, 0.05) is 19.6 Å². The Hall–Kier alpha value is -1.07. The van der Waals surface area contributed by atoms with Crippen LogP contribution in [0.4, 0.5) is 5.69 Å². The largest absolute Gasteiger partial charge is 0.368 e. The SMILES string of the molecule is CCN(CCN)c1cn[nH]c(=O)c1Cl. The van der Waals surface area contributed by atoms with Crippen LogP contribution in [0.1, 0.15) is 6.92 Å². The third-order valence-corrected chi connectivity index (χ3v) is 2.26. The summed E-state index contributed by atoms with van der Waals surface area (Å²) in [5, 5.41) is 6.12. The maximum Gasteiger partial charge on any atom is 0.285 e. The van der Waals surface area contributed by atoms with E-state index in [1.165, 1.54) is 6.20 Å². The summed E-state index contributed by atoms with van der Waals surface area (Å²) in [7, 11) is 0. The van der Waals surface area contributed by atoms with Crippen molar-refractivity contribution in [2.24, 2.45) is 5.73 Å². The second-order valence-corrected chi connectivity index (χ2v) is 3.14. The van der Waals surface area contributed by atoms with Crippen molar-refractivity contribution in [3.05, 3.63) is 21.6 Å². The fourth-order valence-corrected chi connectivity index (χ4v) is 1.41. The second kappa shape index (κ2) is 4.97. The van der Waals surface area contributed by atoms with Crippen molar-refractivity contribution in [3.8, 4) is 0 Å². The molecular weight excluding hydrogens is 204 g/mol. The van der Waals surface area contributed by atoms with Gasteiger partial charge in [-0.25, -0.2) is 5.10 Å². The van der Waals surface area contributed by atoms with Gasteiger partial charge >= 0.3 is 0 Å². The van der Waals surface area contributed by atoms with E-state index in [9.17, 15) is 4.79 Å². The standard InChI is InChI=1S/C8H13ClN4O/c1-2-13(4-3-10)6-5-11-12-8(14)7(6)9/h5H,2-4,10H2,1H3,(H,12,14). The number of nitrogens with one attached hydrogen (secondary N) is 1. The Balaban J connectivity index is 3.03. The Labute approximate surface area is 86.9 Å². The van der Waals surface area contributed by atoms with Gasteiger partial charge in [-0.05, 0) is 6.92 Å². The third-order valence-electron chi connectivity index (χ3n) is 1.90. The third kappa shape index (κ3) is 2.24. The molecule has 0 bridgehead atoms. The van der Waals surface area contributed by atoms with Crippen LogP contribution in [0.5, 0.6) is 0 Å². The monoisotopic (exact) mass is 216 g/mol. The minimum atomic E-state index is -0.375. The lowest BCUT2D eigenvalue weighted by atomic mass is 10.3. The highest BCUT2D eigenvalue weighted by Crippen LogP contribution is 2.19. The zero-order chi connectivity index (χ0) is 10.6. The number of hydrogen-bond donors (Lipinski definition) is 2. The lowest BCUT2D eigenvalue weighted by Crippen LogP contribution is -2.30. The van der Waals surface area contributed by atoms with Gasteiger partial charge in [0.25, 0.3) is 5.56 Å². The van der Waals surface area contributed by atoms with Crippen LogP contribution in [-0.2, 0) is 0 Å². The summed E-state index contributed by atoms with van der Waals surface area (Å²) in [4.78, 5) is 13.1. The molecule has 0 aromatic carbocycles. The van der Waals surface area contributed by atoms with E-state index >= 15 is 0 Å². The number of anilines is 1. The summed E-state index contributed by atoms with van der Waals surface area (Å²) in [5.74, 6) is 0. The first-order valence-electron chi connectivity index (χ1n) is 4.39. The molecule has 0 amide bonds. The molecule has 0 spiro atoms. The van der Waals surface area contributed by atoms with Crippen molar-refractivity contribution >= 4 is 17.3 Å². The first-order valence-corrected chi connectivity index (χ1v) is 4.76. The summed E-state index contributed by atoms with van der Waals surface area (Å²) in [6.07, 6.45) is 1.53. The quantitative estimate of drug-likeness (QED) is 0.755. The van der Waals surface area contributed by atoms with Crippen LogP contribution in [0, 0.1) is 0 Å². The average Bonchev–Trinajstić information content (AvgIpc) is 2.19. The molecule has 6 heteroatoms. The van der Waals surface area contributed by atoms with E-state index in [1.807, 2.05) is 11.8 Å². The molecule has 0 saturated carbocycles. The predicted molar refractivity (Wildman–Crippen MR) is 56.8 cm³/mol. The Morgan fingerprint density at radius 2 is 2.43 bits per heavy atom. The van der Waals surface area contributed by atoms with Crippen molar-refractivity contribution < 1.29 is 0 Å². The van der Waals surface area contributed by atoms with Gasteiger partial charge in [-0.1, -0.05) is 11.6 Å². The summed E-state index contributed by atoms with van der Waals surface area (Å²) in [5.41, 5.74) is 5.69. The number of halogens is 1. The molecule has 1 aromatic rings. The van der Waals surface area contributed by atoms with E-state index in [0.29, 0.717) is 18.8 Å². The van der Waals surface area contributed by atoms with Crippen LogP contribution in [0.25, 0.3) is 0 Å². The molecule has 1 heterocycles. The van der Waals surface area contributed by atoms with Gasteiger partial charge in [-0.2, -0.15) is 5.10 Å². The van der Waals surface area contributed by atoms with Crippen LogP contribution < -0.4 is 16.2 Å². The number of nitrogens with two attached hydrogens (primary N) is 1. The van der Waals surface area contributed by atoms with Crippen LogP contribution >= 0.6 is 11.6 Å². The van der Waals surface area contributed by atoms with Crippen LogP contribution in [-0.4, -0.2) is 29.8 Å². The molecule has 0 atom stereocenters. The minimum absolute atomic E-state index is 0.162. The number of likely N-dealkylation sites (N-methyl/N-ethyl adjacent to an activating group) is 1. The van der Waals surface area contributed by atoms with Crippen molar-refractivity contribution in [2.75, 3.05) is 24.5 Å². The molecule has 3 N–H and O–H groups in total. The lowest BCUT2D eigenvalue weighted by Gasteiger charge is -2.22. The zero-order valence-electron chi connectivity index (χ0n) is 7.96. The zero-order valence-corrected chi connectivity index (χ0v) is 8.71. The van der Waals surface area contributed by atoms with E-state index in [4.69, 9.17) is 17.3 Å². The van der Waals surface area contributed by atoms with Crippen molar-refractivity contribution in [3.63, 3.8) is 0 Å². The molecule has 0 aliphatic heterocycles. The molecule has 5 nitrogen and oxygen atoms in total. The molecule has 0 aliphatic rings. The summed E-state index contributed by atoms with van der Waals surface area (Å²) in [6.45, 7) is 3.87. The molecule has 1 aromatic heterocycles. The maximum absolute atomic E-state index is 11.2. The fourth-order valence-electron chi connectivity index (χ4n) is 1.20. The summed E-state index contributed by atoms with van der Waals surface area (Å²) < 4.78 is 0. The first kappa shape index (κ1) is 11.0. The smallest absolute Gasteiger partial charge is 0.285 e. The maximum atomic E-state index is 11.2. The van der Waals surface area contributed by atoms with E-state index in [2.05, 4.69) is 10.2 Å². The van der Waals surface area contributed by atoms with Crippen molar-refractivity contribution in [1.82, 2.24) is 10.2 Å². The summed E-state index contributed by atoms with van der Waals surface area (Å²) in [6, 6.07) is 0. The number of aromatic amines is 1. The van der Waals surface area contributed by atoms with E-state index in [1.54, 1.807) is 0 Å². The normalized spacial score (nSPS) is 10.2. The fraction of sp³-hybridized carbons (Fsp3) is 0.500. The van der Waals surface area contributed by atoms with Gasteiger partial charge in [0.15, 0.2) is 0 Å². The van der Waals surface area contributed by atoms with Gasteiger partial charge in [0.1, 0.15) is 5.02 Å². The molecule has 0 radical (unpaired) electrons. The topological polar surface area (TPSA) is 75.0 Å². The van der Waals surface area contributed by atoms with Crippen LogP contribution in [0.2, 0.25) is 5.02 Å². The van der Waals surface area contributed by atoms with Gasteiger partial charge in [-0.15, -0.1) is 0 Å². The highest BCUT2D eigenvalue weighted by atomic mass is 35.5.